The summed E-state index contributed by atoms with van der Waals surface area (Å²) in [5.74, 6) is 0.328. The Bertz CT molecular complexity index is 2690. The molecule has 3 atom stereocenters. The lowest BCUT2D eigenvalue weighted by molar-refractivity contribution is 0.744. The van der Waals surface area contributed by atoms with Gasteiger partial charge in [0.2, 0.25) is 0 Å². The molecule has 2 aliphatic heterocycles. The van der Waals surface area contributed by atoms with Crippen LogP contribution >= 0.6 is 0 Å². The molecule has 0 N–H and O–H groups in total. The third kappa shape index (κ3) is 5.25. The van der Waals surface area contributed by atoms with Crippen molar-refractivity contribution in [2.45, 2.75) is 44.1 Å². The van der Waals surface area contributed by atoms with Crippen molar-refractivity contribution in [1.82, 2.24) is 0 Å². The van der Waals surface area contributed by atoms with Gasteiger partial charge < -0.3 is 9.80 Å². The van der Waals surface area contributed by atoms with Crippen LogP contribution in [0, 0.1) is 29.6 Å². The Morgan fingerprint density at radius 2 is 1.44 bits per heavy atom. The molecule has 262 valence electrons. The highest BCUT2D eigenvalue weighted by Crippen LogP contribution is 2.55. The number of aryl methyl sites for hydroxylation is 1. The van der Waals surface area contributed by atoms with Gasteiger partial charge in [-0.1, -0.05) is 109 Å². The summed E-state index contributed by atoms with van der Waals surface area (Å²) in [6.45, 7) is 2.13. The molecule has 4 nitrogen and oxygen atoms in total. The summed E-state index contributed by atoms with van der Waals surface area (Å²) < 4.78 is 0. The van der Waals surface area contributed by atoms with Gasteiger partial charge in [-0.25, -0.2) is 0 Å². The number of nitrogens with zero attached hydrogens (tertiary/aromatic N) is 4. The molecule has 4 heteroatoms. The van der Waals surface area contributed by atoms with Crippen LogP contribution < -0.4 is 9.80 Å². The molecule has 0 amide bonds. The number of anilines is 4. The van der Waals surface area contributed by atoms with E-state index < -0.39 is 0 Å². The van der Waals surface area contributed by atoms with Crippen molar-refractivity contribution in [3.8, 4) is 12.1 Å². The van der Waals surface area contributed by atoms with Gasteiger partial charge in [0.15, 0.2) is 0 Å². The van der Waals surface area contributed by atoms with Gasteiger partial charge in [0.05, 0.1) is 28.9 Å². The number of allylic oxidation sites excluding steroid dienone is 10. The Hall–Kier alpha value is -6.88. The van der Waals surface area contributed by atoms with Gasteiger partial charge in [0, 0.05) is 40.2 Å². The molecule has 0 bridgehead atoms. The van der Waals surface area contributed by atoms with Crippen LogP contribution in [-0.2, 0) is 0 Å². The highest BCUT2D eigenvalue weighted by atomic mass is 15.2. The first-order valence-electron chi connectivity index (χ1n) is 19.2. The van der Waals surface area contributed by atoms with Crippen LogP contribution in [0.1, 0.15) is 75.6 Å². The number of hydrogen-bond donors (Lipinski definition) is 0. The zero-order valence-corrected chi connectivity index (χ0v) is 30.7. The number of hydrogen-bond acceptors (Lipinski definition) is 4. The highest BCUT2D eigenvalue weighted by Gasteiger charge is 2.40. The summed E-state index contributed by atoms with van der Waals surface area (Å²) in [7, 11) is 0. The largest absolute Gasteiger partial charge is 0.332 e. The van der Waals surface area contributed by atoms with E-state index in [4.69, 9.17) is 0 Å². The molecule has 2 heterocycles. The minimum Gasteiger partial charge on any atom is -0.332 e. The number of nitriles is 2. The second kappa shape index (κ2) is 13.2. The van der Waals surface area contributed by atoms with Crippen molar-refractivity contribution < 1.29 is 0 Å². The first-order chi connectivity index (χ1) is 27.1. The SMILES string of the molecule is Cc1ccc(N2C3=C(c4ccccc4C4=CCCC=C4c4ccc5c(c4)C4C=CC=CC4N5c4ccccc4C#N)C=CCC3c3cc(C#N)ccc32)cc1. The summed E-state index contributed by atoms with van der Waals surface area (Å²) in [5, 5.41) is 19.9. The van der Waals surface area contributed by atoms with E-state index in [0.717, 1.165) is 42.0 Å². The van der Waals surface area contributed by atoms with Gasteiger partial charge in [0.1, 0.15) is 6.07 Å². The molecule has 5 aromatic carbocycles. The standard InChI is InChI=1S/C51H38N4/c1-33-21-25-37(26-22-33)54-49-27-23-34(31-52)29-45(49)44-18-10-17-43(51(44)54)41-15-6-5-14-40(41)39-13-4-3-12-38(39)35-24-28-50-46(30-35)42-16-7-9-20-48(42)55(50)47-19-8-2-11-36(47)32-53/h2,5-17,19-30,42,44,48H,3-4,18H2,1H3. The predicted molar refractivity (Wildman–Crippen MR) is 224 cm³/mol. The van der Waals surface area contributed by atoms with Gasteiger partial charge in [0.25, 0.3) is 0 Å². The topological polar surface area (TPSA) is 54.1 Å². The lowest BCUT2D eigenvalue weighted by Crippen LogP contribution is -2.29. The molecular formula is C51H38N4. The van der Waals surface area contributed by atoms with Crippen molar-refractivity contribution in [3.63, 3.8) is 0 Å². The van der Waals surface area contributed by atoms with Crippen LogP contribution in [0.15, 0.2) is 163 Å². The molecule has 3 unspecified atom stereocenters. The van der Waals surface area contributed by atoms with Crippen molar-refractivity contribution in [2.75, 3.05) is 9.80 Å². The van der Waals surface area contributed by atoms with Crippen LogP contribution in [-0.4, -0.2) is 6.04 Å². The van der Waals surface area contributed by atoms with Gasteiger partial charge in [-0.15, -0.1) is 0 Å². The third-order valence-electron chi connectivity index (χ3n) is 11.9. The van der Waals surface area contributed by atoms with E-state index in [2.05, 4.69) is 162 Å². The second-order valence-electron chi connectivity index (χ2n) is 15.0. The number of benzene rings is 5. The minimum absolute atomic E-state index is 0.108. The van der Waals surface area contributed by atoms with Gasteiger partial charge in [-0.05, 0) is 120 Å². The van der Waals surface area contributed by atoms with E-state index in [1.807, 2.05) is 24.3 Å². The first kappa shape index (κ1) is 32.7. The number of para-hydroxylation sites is 1. The fraction of sp³-hybridized carbons (Fsp3) is 0.137. The van der Waals surface area contributed by atoms with Gasteiger partial charge >= 0.3 is 0 Å². The smallest absolute Gasteiger partial charge is 0.101 e. The molecule has 10 rings (SSSR count). The predicted octanol–water partition coefficient (Wildman–Crippen LogP) is 12.3. The molecule has 0 saturated carbocycles. The number of fused-ring (bicyclic) bond motifs is 6. The zero-order chi connectivity index (χ0) is 37.0. The summed E-state index contributed by atoms with van der Waals surface area (Å²) in [6, 6.07) is 43.7. The van der Waals surface area contributed by atoms with E-state index >= 15 is 0 Å². The summed E-state index contributed by atoms with van der Waals surface area (Å²) in [4.78, 5) is 4.78. The zero-order valence-electron chi connectivity index (χ0n) is 30.7. The first-order valence-corrected chi connectivity index (χ1v) is 19.2. The van der Waals surface area contributed by atoms with E-state index in [1.54, 1.807) is 0 Å². The Morgan fingerprint density at radius 1 is 0.673 bits per heavy atom. The normalized spacial score (nSPS) is 20.2. The molecule has 0 spiro atoms. The molecule has 0 aromatic heterocycles. The maximum Gasteiger partial charge on any atom is 0.101 e. The van der Waals surface area contributed by atoms with Gasteiger partial charge in [-0.2, -0.15) is 10.5 Å². The molecule has 0 radical (unpaired) electrons. The van der Waals surface area contributed by atoms with Crippen LogP contribution in [0.2, 0.25) is 0 Å². The lowest BCUT2D eigenvalue weighted by atomic mass is 9.80. The third-order valence-corrected chi connectivity index (χ3v) is 11.9. The average Bonchev–Trinajstić information content (AvgIpc) is 3.76. The van der Waals surface area contributed by atoms with Crippen LogP contribution in [0.4, 0.5) is 22.7 Å². The summed E-state index contributed by atoms with van der Waals surface area (Å²) >= 11 is 0. The Labute approximate surface area is 322 Å². The maximum atomic E-state index is 10.0. The molecule has 5 aromatic rings. The lowest BCUT2D eigenvalue weighted by Gasteiger charge is -2.29. The van der Waals surface area contributed by atoms with Crippen molar-refractivity contribution >= 4 is 39.5 Å². The summed E-state index contributed by atoms with van der Waals surface area (Å²) in [5.41, 5.74) is 18.1. The Kier molecular flexibility index (Phi) is 7.86. The second-order valence-corrected chi connectivity index (χ2v) is 15.0. The number of rotatable bonds is 5. The molecule has 0 fully saturated rings. The van der Waals surface area contributed by atoms with Crippen molar-refractivity contribution in [2.24, 2.45) is 0 Å². The molecule has 3 aliphatic carbocycles. The van der Waals surface area contributed by atoms with E-state index in [1.165, 1.54) is 55.8 Å². The fourth-order valence-electron chi connectivity index (χ4n) is 9.42. The van der Waals surface area contributed by atoms with E-state index in [9.17, 15) is 10.5 Å². The molecular weight excluding hydrogens is 669 g/mol. The highest BCUT2D eigenvalue weighted by molar-refractivity contribution is 6.09. The maximum absolute atomic E-state index is 10.0. The Balaban J connectivity index is 1.10. The fourth-order valence-corrected chi connectivity index (χ4v) is 9.42. The van der Waals surface area contributed by atoms with E-state index in [-0.39, 0.29) is 17.9 Å². The quantitative estimate of drug-likeness (QED) is 0.183. The summed E-state index contributed by atoms with van der Waals surface area (Å²) in [6.07, 6.45) is 21.2. The Morgan fingerprint density at radius 3 is 2.27 bits per heavy atom. The molecule has 0 saturated heterocycles. The minimum atomic E-state index is 0.108. The van der Waals surface area contributed by atoms with E-state index in [0.29, 0.717) is 11.1 Å². The van der Waals surface area contributed by atoms with Crippen molar-refractivity contribution in [3.05, 3.63) is 208 Å². The average molecular weight is 707 g/mol. The van der Waals surface area contributed by atoms with Crippen LogP contribution in [0.5, 0.6) is 0 Å². The van der Waals surface area contributed by atoms with Crippen LogP contribution in [0.3, 0.4) is 0 Å². The van der Waals surface area contributed by atoms with Crippen molar-refractivity contribution in [1.29, 1.82) is 10.5 Å². The molecule has 5 aliphatic rings. The molecule has 55 heavy (non-hydrogen) atoms. The van der Waals surface area contributed by atoms with Gasteiger partial charge in [-0.3, -0.25) is 0 Å². The monoisotopic (exact) mass is 706 g/mol. The van der Waals surface area contributed by atoms with Crippen LogP contribution in [0.25, 0.3) is 16.7 Å².